The van der Waals surface area contributed by atoms with Gasteiger partial charge in [-0.3, -0.25) is 0 Å². The van der Waals surface area contributed by atoms with Gasteiger partial charge >= 0.3 is 0 Å². The van der Waals surface area contributed by atoms with Gasteiger partial charge in [0.1, 0.15) is 12.4 Å². The van der Waals surface area contributed by atoms with E-state index in [1.54, 1.807) is 0 Å². The fraction of sp³-hybridized carbons (Fsp3) is 0.500. The summed E-state index contributed by atoms with van der Waals surface area (Å²) in [4.78, 5) is 0. The quantitative estimate of drug-likeness (QED) is 0.743. The maximum absolute atomic E-state index is 11.5. The Bertz CT molecular complexity index is 462. The van der Waals surface area contributed by atoms with Crippen LogP contribution < -0.4 is 9.46 Å². The third-order valence-electron chi connectivity index (χ3n) is 2.26. The molecule has 0 aliphatic heterocycles. The van der Waals surface area contributed by atoms with Crippen molar-refractivity contribution in [1.82, 2.24) is 4.72 Å². The van der Waals surface area contributed by atoms with Crippen LogP contribution in [-0.4, -0.2) is 27.3 Å². The second-order valence-corrected chi connectivity index (χ2v) is 6.71. The summed E-state index contributed by atoms with van der Waals surface area (Å²) in [5.41, 5.74) is 0. The summed E-state index contributed by atoms with van der Waals surface area (Å²) in [6.45, 7) is 2.58. The summed E-state index contributed by atoms with van der Waals surface area (Å²) in [6, 6.07) is 7.44. The predicted molar refractivity (Wildman–Crippen MR) is 76.3 cm³/mol. The van der Waals surface area contributed by atoms with Gasteiger partial charge in [0.05, 0.1) is 5.75 Å². The molecule has 0 spiro atoms. The van der Waals surface area contributed by atoms with Crippen LogP contribution in [0.2, 0.25) is 0 Å². The van der Waals surface area contributed by atoms with Crippen LogP contribution in [0, 0.1) is 0 Å². The lowest BCUT2D eigenvalue weighted by Crippen LogP contribution is -2.30. The van der Waals surface area contributed by atoms with Crippen molar-refractivity contribution in [3.8, 4) is 5.75 Å². The van der Waals surface area contributed by atoms with E-state index in [1.807, 2.05) is 31.2 Å². The molecular formula is C12H18BrNO3S. The Morgan fingerprint density at radius 1 is 1.39 bits per heavy atom. The topological polar surface area (TPSA) is 55.4 Å². The summed E-state index contributed by atoms with van der Waals surface area (Å²) < 4.78 is 31.8. The highest BCUT2D eigenvalue weighted by molar-refractivity contribution is 9.10. The van der Waals surface area contributed by atoms with Crippen LogP contribution in [0.25, 0.3) is 0 Å². The molecule has 0 saturated carbocycles. The van der Waals surface area contributed by atoms with Crippen LogP contribution in [0.4, 0.5) is 0 Å². The van der Waals surface area contributed by atoms with Crippen LogP contribution >= 0.6 is 15.9 Å². The zero-order valence-electron chi connectivity index (χ0n) is 10.4. The third-order valence-corrected chi connectivity index (χ3v) is 4.22. The molecule has 0 aromatic heterocycles. The highest BCUT2D eigenvalue weighted by Crippen LogP contribution is 2.17. The van der Waals surface area contributed by atoms with Gasteiger partial charge in [-0.15, -0.1) is 0 Å². The van der Waals surface area contributed by atoms with Gasteiger partial charge < -0.3 is 4.74 Å². The van der Waals surface area contributed by atoms with Crippen molar-refractivity contribution in [3.63, 3.8) is 0 Å². The first-order valence-corrected chi connectivity index (χ1v) is 8.34. The molecule has 0 heterocycles. The summed E-state index contributed by atoms with van der Waals surface area (Å²) in [6.07, 6.45) is 1.55. The number of sulfonamides is 1. The molecule has 1 N–H and O–H groups in total. The summed E-state index contributed by atoms with van der Waals surface area (Å²) in [5.74, 6) is 0.901. The number of halogens is 1. The van der Waals surface area contributed by atoms with Crippen molar-refractivity contribution in [3.05, 3.63) is 28.7 Å². The number of ether oxygens (including phenoxy) is 1. The number of unbranched alkanes of at least 4 members (excludes halogenated alkanes) is 1. The zero-order valence-corrected chi connectivity index (χ0v) is 12.8. The van der Waals surface area contributed by atoms with Crippen LogP contribution in [0.5, 0.6) is 5.75 Å². The average molecular weight is 336 g/mol. The van der Waals surface area contributed by atoms with Crippen LogP contribution in [0.15, 0.2) is 28.7 Å². The Morgan fingerprint density at radius 2 is 2.17 bits per heavy atom. The van der Waals surface area contributed by atoms with E-state index in [1.165, 1.54) is 0 Å². The fourth-order valence-electron chi connectivity index (χ4n) is 1.33. The predicted octanol–water partition coefficient (Wildman–Crippen LogP) is 2.55. The maximum atomic E-state index is 11.5. The average Bonchev–Trinajstić information content (AvgIpc) is 2.32. The van der Waals surface area contributed by atoms with Crippen molar-refractivity contribution < 1.29 is 13.2 Å². The van der Waals surface area contributed by atoms with Crippen LogP contribution in [-0.2, 0) is 10.0 Å². The first kappa shape index (κ1) is 15.5. The first-order valence-electron chi connectivity index (χ1n) is 5.89. The van der Waals surface area contributed by atoms with E-state index in [2.05, 4.69) is 20.7 Å². The molecule has 0 saturated heterocycles. The minimum absolute atomic E-state index is 0.181. The molecule has 0 bridgehead atoms. The molecule has 102 valence electrons. The Balaban J connectivity index is 2.26. The molecule has 0 radical (unpaired) electrons. The van der Waals surface area contributed by atoms with Gasteiger partial charge in [-0.2, -0.15) is 0 Å². The minimum atomic E-state index is -3.15. The molecule has 0 aliphatic rings. The van der Waals surface area contributed by atoms with Crippen molar-refractivity contribution in [2.24, 2.45) is 0 Å². The lowest BCUT2D eigenvalue weighted by molar-refractivity contribution is 0.322. The zero-order chi connectivity index (χ0) is 13.4. The standard InChI is InChI=1S/C12H18BrNO3S/c1-2-3-9-18(15,16)14-7-8-17-12-6-4-5-11(13)10-12/h4-6,10,14H,2-3,7-9H2,1H3. The second-order valence-electron chi connectivity index (χ2n) is 3.87. The van der Waals surface area contributed by atoms with Crippen molar-refractivity contribution in [2.75, 3.05) is 18.9 Å². The van der Waals surface area contributed by atoms with E-state index in [9.17, 15) is 8.42 Å². The minimum Gasteiger partial charge on any atom is -0.492 e. The molecule has 0 fully saturated rings. The number of hydrogen-bond acceptors (Lipinski definition) is 3. The SMILES string of the molecule is CCCCS(=O)(=O)NCCOc1cccc(Br)c1. The monoisotopic (exact) mass is 335 g/mol. The van der Waals surface area contributed by atoms with Gasteiger partial charge in [0.25, 0.3) is 0 Å². The molecular weight excluding hydrogens is 318 g/mol. The van der Waals surface area contributed by atoms with Crippen LogP contribution in [0.3, 0.4) is 0 Å². The van der Waals surface area contributed by atoms with Crippen molar-refractivity contribution in [2.45, 2.75) is 19.8 Å². The number of rotatable bonds is 8. The smallest absolute Gasteiger partial charge is 0.211 e. The Morgan fingerprint density at radius 3 is 2.83 bits per heavy atom. The highest BCUT2D eigenvalue weighted by atomic mass is 79.9. The Hall–Kier alpha value is -0.590. The molecule has 0 amide bonds. The van der Waals surface area contributed by atoms with Gasteiger partial charge in [-0.05, 0) is 24.6 Å². The maximum Gasteiger partial charge on any atom is 0.211 e. The second kappa shape index (κ2) is 7.76. The normalized spacial score (nSPS) is 11.4. The van der Waals surface area contributed by atoms with Crippen LogP contribution in [0.1, 0.15) is 19.8 Å². The molecule has 1 rings (SSSR count). The molecule has 6 heteroatoms. The number of nitrogens with one attached hydrogen (secondary N) is 1. The van der Waals surface area contributed by atoms with E-state index >= 15 is 0 Å². The fourth-order valence-corrected chi connectivity index (χ4v) is 2.91. The molecule has 0 unspecified atom stereocenters. The molecule has 1 aromatic rings. The van der Waals surface area contributed by atoms with E-state index in [4.69, 9.17) is 4.74 Å². The number of hydrogen-bond donors (Lipinski definition) is 1. The largest absolute Gasteiger partial charge is 0.492 e. The molecule has 0 aliphatic carbocycles. The molecule has 0 atom stereocenters. The van der Waals surface area contributed by atoms with Crippen molar-refractivity contribution in [1.29, 1.82) is 0 Å². The van der Waals surface area contributed by atoms with Gasteiger partial charge in [-0.25, -0.2) is 13.1 Å². The Kier molecular flexibility index (Phi) is 6.67. The molecule has 18 heavy (non-hydrogen) atoms. The lowest BCUT2D eigenvalue weighted by atomic mass is 10.3. The van der Waals surface area contributed by atoms with Gasteiger partial charge in [-0.1, -0.05) is 35.3 Å². The molecule has 1 aromatic carbocycles. The molecule has 4 nitrogen and oxygen atoms in total. The number of benzene rings is 1. The van der Waals surface area contributed by atoms with Gasteiger partial charge in [0.2, 0.25) is 10.0 Å². The van der Waals surface area contributed by atoms with E-state index in [-0.39, 0.29) is 5.75 Å². The highest BCUT2D eigenvalue weighted by Gasteiger charge is 2.07. The van der Waals surface area contributed by atoms with Gasteiger partial charge in [0.15, 0.2) is 0 Å². The lowest BCUT2D eigenvalue weighted by Gasteiger charge is -2.08. The Labute approximate surface area is 117 Å². The van der Waals surface area contributed by atoms with E-state index in [0.717, 1.165) is 16.6 Å². The first-order chi connectivity index (χ1) is 8.53. The summed E-state index contributed by atoms with van der Waals surface area (Å²) in [5, 5.41) is 0. The summed E-state index contributed by atoms with van der Waals surface area (Å²) >= 11 is 3.34. The summed E-state index contributed by atoms with van der Waals surface area (Å²) in [7, 11) is -3.15. The van der Waals surface area contributed by atoms with Gasteiger partial charge in [0, 0.05) is 11.0 Å². The van der Waals surface area contributed by atoms with Crippen molar-refractivity contribution >= 4 is 26.0 Å². The van der Waals surface area contributed by atoms with E-state index in [0.29, 0.717) is 19.6 Å². The van der Waals surface area contributed by atoms with E-state index < -0.39 is 10.0 Å². The third kappa shape index (κ3) is 6.37.